The maximum Gasteiger partial charge on any atom is 0.270 e. The van der Waals surface area contributed by atoms with Crippen LogP contribution in [0.3, 0.4) is 0 Å². The number of hydrogen-bond donors (Lipinski definition) is 2. The van der Waals surface area contributed by atoms with E-state index < -0.39 is 0 Å². The van der Waals surface area contributed by atoms with Crippen LogP contribution in [0.5, 0.6) is 0 Å². The van der Waals surface area contributed by atoms with Gasteiger partial charge in [-0.1, -0.05) is 24.3 Å². The van der Waals surface area contributed by atoms with Crippen LogP contribution in [0.2, 0.25) is 0 Å². The van der Waals surface area contributed by atoms with E-state index in [4.69, 9.17) is 5.73 Å². The van der Waals surface area contributed by atoms with Crippen molar-refractivity contribution in [1.29, 1.82) is 0 Å². The van der Waals surface area contributed by atoms with Gasteiger partial charge in [0.1, 0.15) is 5.69 Å². The largest absolute Gasteiger partial charge is 0.344 e. The zero-order valence-electron chi connectivity index (χ0n) is 10.7. The van der Waals surface area contributed by atoms with Crippen LogP contribution in [0.15, 0.2) is 36.4 Å². The first kappa shape index (κ1) is 12.1. The highest BCUT2D eigenvalue weighted by Crippen LogP contribution is 2.30. The minimum Gasteiger partial charge on any atom is -0.344 e. The Bertz CT molecular complexity index is 614. The number of para-hydroxylation sites is 1. The Hall–Kier alpha value is -1.94. The Morgan fingerprint density at radius 2 is 2.05 bits per heavy atom. The summed E-state index contributed by atoms with van der Waals surface area (Å²) in [4.78, 5) is 16.6. The van der Waals surface area contributed by atoms with Crippen molar-refractivity contribution in [3.63, 3.8) is 0 Å². The highest BCUT2D eigenvalue weighted by atomic mass is 16.2. The van der Waals surface area contributed by atoms with Gasteiger partial charge in [-0.15, -0.1) is 0 Å². The van der Waals surface area contributed by atoms with E-state index in [0.717, 1.165) is 30.2 Å². The van der Waals surface area contributed by atoms with Crippen molar-refractivity contribution < 1.29 is 4.79 Å². The van der Waals surface area contributed by atoms with E-state index in [-0.39, 0.29) is 11.4 Å². The fourth-order valence-corrected chi connectivity index (χ4v) is 2.48. The number of nitrogens with zero attached hydrogens (tertiary/aromatic N) is 1. The van der Waals surface area contributed by atoms with Gasteiger partial charge in [-0.25, -0.2) is 4.98 Å². The molecule has 0 atom stereocenters. The fourth-order valence-electron chi connectivity index (χ4n) is 2.48. The average molecular weight is 255 g/mol. The first-order valence-corrected chi connectivity index (χ1v) is 6.61. The predicted molar refractivity (Wildman–Crippen MR) is 74.8 cm³/mol. The quantitative estimate of drug-likeness (QED) is 0.879. The lowest BCUT2D eigenvalue weighted by Crippen LogP contribution is -2.58. The molecule has 0 spiro atoms. The Balaban J connectivity index is 1.85. The minimum absolute atomic E-state index is 0.129. The number of nitrogens with two attached hydrogens (primary N) is 1. The van der Waals surface area contributed by atoms with Crippen LogP contribution >= 0.6 is 0 Å². The molecule has 1 fully saturated rings. The molecule has 98 valence electrons. The van der Waals surface area contributed by atoms with Crippen LogP contribution in [0.25, 0.3) is 10.9 Å². The summed E-state index contributed by atoms with van der Waals surface area (Å²) in [6, 6.07) is 11.5. The number of amides is 1. The first-order chi connectivity index (χ1) is 9.22. The lowest BCUT2D eigenvalue weighted by molar-refractivity contribution is 0.0832. The molecule has 1 aromatic heterocycles. The zero-order valence-corrected chi connectivity index (χ0v) is 10.7. The Morgan fingerprint density at radius 3 is 2.74 bits per heavy atom. The number of carbonyl (C=O) groups excluding carboxylic acids is 1. The topological polar surface area (TPSA) is 68.0 Å². The third kappa shape index (κ3) is 2.19. The van der Waals surface area contributed by atoms with E-state index in [1.165, 1.54) is 0 Å². The molecule has 0 bridgehead atoms. The van der Waals surface area contributed by atoms with Gasteiger partial charge in [0.05, 0.1) is 11.1 Å². The highest BCUT2D eigenvalue weighted by Gasteiger charge is 2.37. The van der Waals surface area contributed by atoms with Gasteiger partial charge in [0, 0.05) is 11.9 Å². The molecule has 4 heteroatoms. The number of rotatable bonds is 3. The third-order valence-corrected chi connectivity index (χ3v) is 3.91. The van der Waals surface area contributed by atoms with Crippen LogP contribution in [0, 0.1) is 0 Å². The first-order valence-electron chi connectivity index (χ1n) is 6.61. The molecule has 19 heavy (non-hydrogen) atoms. The molecule has 1 aliphatic rings. The van der Waals surface area contributed by atoms with Gasteiger partial charge in [-0.2, -0.15) is 0 Å². The van der Waals surface area contributed by atoms with Crippen molar-refractivity contribution in [2.75, 3.05) is 6.54 Å². The molecule has 0 saturated heterocycles. The Morgan fingerprint density at radius 1 is 1.26 bits per heavy atom. The van der Waals surface area contributed by atoms with Crippen LogP contribution in [-0.2, 0) is 0 Å². The molecule has 4 nitrogen and oxygen atoms in total. The predicted octanol–water partition coefficient (Wildman–Crippen LogP) is 1.85. The van der Waals surface area contributed by atoms with E-state index >= 15 is 0 Å². The lowest BCUT2D eigenvalue weighted by atomic mass is 9.76. The van der Waals surface area contributed by atoms with Crippen molar-refractivity contribution in [3.05, 3.63) is 42.1 Å². The summed E-state index contributed by atoms with van der Waals surface area (Å²) < 4.78 is 0. The van der Waals surface area contributed by atoms with Crippen LogP contribution in [0.4, 0.5) is 0 Å². The molecule has 2 aromatic rings. The van der Waals surface area contributed by atoms with E-state index in [9.17, 15) is 4.79 Å². The molecule has 1 amide bonds. The molecule has 1 heterocycles. The second kappa shape index (κ2) is 4.63. The van der Waals surface area contributed by atoms with E-state index in [2.05, 4.69) is 10.3 Å². The molecule has 0 radical (unpaired) electrons. The monoisotopic (exact) mass is 255 g/mol. The van der Waals surface area contributed by atoms with Crippen molar-refractivity contribution in [2.45, 2.75) is 24.8 Å². The minimum atomic E-state index is -0.204. The van der Waals surface area contributed by atoms with Gasteiger partial charge >= 0.3 is 0 Å². The van der Waals surface area contributed by atoms with Gasteiger partial charge in [0.2, 0.25) is 0 Å². The highest BCUT2D eigenvalue weighted by molar-refractivity contribution is 5.95. The molecule has 0 unspecified atom stereocenters. The van der Waals surface area contributed by atoms with Gasteiger partial charge in [-0.05, 0) is 31.4 Å². The van der Waals surface area contributed by atoms with Gasteiger partial charge < -0.3 is 11.1 Å². The Labute approximate surface area is 112 Å². The third-order valence-electron chi connectivity index (χ3n) is 3.91. The van der Waals surface area contributed by atoms with Crippen LogP contribution in [-0.4, -0.2) is 23.0 Å². The van der Waals surface area contributed by atoms with E-state index in [1.54, 1.807) is 6.07 Å². The lowest BCUT2D eigenvalue weighted by Gasteiger charge is -2.41. The summed E-state index contributed by atoms with van der Waals surface area (Å²) in [5.74, 6) is -0.129. The van der Waals surface area contributed by atoms with Crippen molar-refractivity contribution in [2.24, 2.45) is 5.73 Å². The van der Waals surface area contributed by atoms with Crippen LogP contribution in [0.1, 0.15) is 29.8 Å². The summed E-state index contributed by atoms with van der Waals surface area (Å²) in [6.45, 7) is 0.492. The number of aromatic nitrogens is 1. The van der Waals surface area contributed by atoms with Gasteiger partial charge in [-0.3, -0.25) is 4.79 Å². The zero-order chi connectivity index (χ0) is 13.3. The smallest absolute Gasteiger partial charge is 0.270 e. The molecule has 1 aromatic carbocycles. The van der Waals surface area contributed by atoms with Crippen molar-refractivity contribution >= 4 is 16.8 Å². The number of fused-ring (bicyclic) bond motifs is 1. The number of pyridine rings is 1. The summed E-state index contributed by atoms with van der Waals surface area (Å²) >= 11 is 0. The summed E-state index contributed by atoms with van der Waals surface area (Å²) in [5, 5.41) is 4.07. The molecule has 3 N–H and O–H groups in total. The second-order valence-corrected chi connectivity index (χ2v) is 5.18. The standard InChI is InChI=1S/C15H17N3O/c16-10-15(8-3-9-15)18-14(19)13-7-6-11-4-1-2-5-12(11)17-13/h1-2,4-7H,3,8-10,16H2,(H,18,19). The maximum atomic E-state index is 12.2. The molecule has 1 saturated carbocycles. The molecule has 1 aliphatic carbocycles. The SMILES string of the molecule is NCC1(NC(=O)c2ccc3ccccc3n2)CCC1. The fraction of sp³-hybridized carbons (Fsp3) is 0.333. The summed E-state index contributed by atoms with van der Waals surface area (Å²) in [5.41, 5.74) is 6.84. The molecule has 0 aliphatic heterocycles. The van der Waals surface area contributed by atoms with Crippen LogP contribution < -0.4 is 11.1 Å². The normalized spacial score (nSPS) is 16.9. The number of hydrogen-bond acceptors (Lipinski definition) is 3. The number of nitrogens with one attached hydrogen (secondary N) is 1. The number of carbonyl (C=O) groups is 1. The van der Waals surface area contributed by atoms with Gasteiger partial charge in [0.25, 0.3) is 5.91 Å². The van der Waals surface area contributed by atoms with E-state index in [0.29, 0.717) is 12.2 Å². The molecular formula is C15H17N3O. The van der Waals surface area contributed by atoms with E-state index in [1.807, 2.05) is 30.3 Å². The Kier molecular flexibility index (Phi) is 2.95. The summed E-state index contributed by atoms with van der Waals surface area (Å²) in [6.07, 6.45) is 3.05. The molecular weight excluding hydrogens is 238 g/mol. The second-order valence-electron chi connectivity index (χ2n) is 5.18. The summed E-state index contributed by atoms with van der Waals surface area (Å²) in [7, 11) is 0. The number of benzene rings is 1. The molecule has 3 rings (SSSR count). The van der Waals surface area contributed by atoms with Gasteiger partial charge in [0.15, 0.2) is 0 Å². The maximum absolute atomic E-state index is 12.2. The van der Waals surface area contributed by atoms with Crippen molar-refractivity contribution in [3.8, 4) is 0 Å². The average Bonchev–Trinajstić information content (AvgIpc) is 2.42. The van der Waals surface area contributed by atoms with Crippen molar-refractivity contribution in [1.82, 2.24) is 10.3 Å².